The highest BCUT2D eigenvalue weighted by molar-refractivity contribution is 6.18. The normalized spacial score (nSPS) is 26.0. The van der Waals surface area contributed by atoms with E-state index in [1.54, 1.807) is 25.3 Å². The van der Waals surface area contributed by atoms with Crippen LogP contribution in [-0.4, -0.2) is 97.3 Å². The van der Waals surface area contributed by atoms with Crippen molar-refractivity contribution in [3.8, 4) is 11.5 Å². The molecule has 0 spiro atoms. The standard InChI is InChI=1S/C36H52ClN3O9/c1-5-19-46-36-31(40(4)35(44)45-20-16-37)23-29(39-47-7-3)27-21-24(12-8-10-17-41)26(13-9-11-18-42)32(33(27)36)28-22-25(14-15-30(28)49-36)48-34(43)38-6-2/h5,14-15,21-22,24,26,31-33,41-42H,1,6-13,16-20,23H2,2-4H3,(H,38,43)/t24-,26+,31-,32+,33+,36+/m0/s1. The second-order valence-corrected chi connectivity index (χ2v) is 12.9. The minimum Gasteiger partial charge on any atom is -0.459 e. The van der Waals surface area contributed by atoms with Crippen LogP contribution in [0.2, 0.25) is 0 Å². The Morgan fingerprint density at radius 3 is 2.61 bits per heavy atom. The number of fused-ring (bicyclic) bond motifs is 2. The molecule has 3 N–H and O–H groups in total. The summed E-state index contributed by atoms with van der Waals surface area (Å²) in [6.07, 6.45) is 7.54. The van der Waals surface area contributed by atoms with Gasteiger partial charge in [0.25, 0.3) is 0 Å². The maximum absolute atomic E-state index is 13.5. The molecule has 1 aromatic rings. The van der Waals surface area contributed by atoms with Crippen molar-refractivity contribution in [1.29, 1.82) is 0 Å². The fourth-order valence-corrected chi connectivity index (χ4v) is 7.65. The van der Waals surface area contributed by atoms with Gasteiger partial charge in [-0.2, -0.15) is 0 Å². The largest absolute Gasteiger partial charge is 0.459 e. The van der Waals surface area contributed by atoms with Crippen LogP contribution in [0, 0.1) is 17.8 Å². The van der Waals surface area contributed by atoms with E-state index in [1.807, 2.05) is 19.9 Å². The highest BCUT2D eigenvalue weighted by atomic mass is 35.5. The van der Waals surface area contributed by atoms with Gasteiger partial charge in [-0.15, -0.1) is 18.2 Å². The number of oxime groups is 1. The number of likely N-dealkylation sites (N-methyl/N-ethyl adjacent to an activating group) is 1. The summed E-state index contributed by atoms with van der Waals surface area (Å²) < 4.78 is 24.9. The van der Waals surface area contributed by atoms with E-state index in [0.717, 1.165) is 36.8 Å². The maximum atomic E-state index is 13.5. The van der Waals surface area contributed by atoms with Gasteiger partial charge < -0.3 is 44.2 Å². The summed E-state index contributed by atoms with van der Waals surface area (Å²) in [5.41, 5.74) is 2.44. The summed E-state index contributed by atoms with van der Waals surface area (Å²) in [6, 6.07) is 4.63. The average molecular weight is 706 g/mol. The number of ether oxygens (including phenoxy) is 4. The minimum absolute atomic E-state index is 0.0358. The number of halogens is 1. The first-order valence-electron chi connectivity index (χ1n) is 17.4. The quantitative estimate of drug-likeness (QED) is 0.0751. The molecule has 6 atom stereocenters. The Bertz CT molecular complexity index is 1340. The molecule has 1 fully saturated rings. The lowest BCUT2D eigenvalue weighted by Gasteiger charge is -2.59. The molecule has 0 unspecified atom stereocenters. The van der Waals surface area contributed by atoms with Gasteiger partial charge in [0.2, 0.25) is 5.79 Å². The molecule has 13 heteroatoms. The molecule has 0 saturated heterocycles. The van der Waals surface area contributed by atoms with Crippen LogP contribution in [0.25, 0.3) is 0 Å². The van der Waals surface area contributed by atoms with E-state index >= 15 is 0 Å². The van der Waals surface area contributed by atoms with E-state index in [9.17, 15) is 19.8 Å². The van der Waals surface area contributed by atoms with Crippen LogP contribution in [-0.2, 0) is 14.3 Å². The van der Waals surface area contributed by atoms with E-state index in [-0.39, 0.29) is 56.5 Å². The molecule has 0 bridgehead atoms. The number of nitrogens with one attached hydrogen (secondary N) is 1. The van der Waals surface area contributed by atoms with Gasteiger partial charge in [-0.1, -0.05) is 30.1 Å². The number of amides is 2. The van der Waals surface area contributed by atoms with E-state index in [0.29, 0.717) is 43.2 Å². The topological polar surface area (TPSA) is 148 Å². The van der Waals surface area contributed by atoms with Crippen molar-refractivity contribution in [3.05, 3.63) is 48.1 Å². The van der Waals surface area contributed by atoms with Crippen LogP contribution in [0.3, 0.4) is 0 Å². The summed E-state index contributed by atoms with van der Waals surface area (Å²) in [4.78, 5) is 33.1. The first kappa shape index (κ1) is 38.5. The number of nitrogens with zero attached hydrogens (tertiary/aromatic N) is 2. The molecule has 0 aromatic heterocycles. The third-order valence-corrected chi connectivity index (χ3v) is 9.69. The number of carbonyl (C=O) groups is 2. The molecular weight excluding hydrogens is 654 g/mol. The average Bonchev–Trinajstić information content (AvgIpc) is 3.10. The number of alkyl halides is 1. The van der Waals surface area contributed by atoms with Gasteiger partial charge in [-0.25, -0.2) is 9.59 Å². The minimum atomic E-state index is -1.40. The lowest BCUT2D eigenvalue weighted by atomic mass is 9.55. The number of hydrogen-bond donors (Lipinski definition) is 3. The SMILES string of the molecule is C=CCO[C@@]12Oc3ccc(OC(=O)NCC)cc3[C@H]3[C@H](CCCCO)[C@@H](CCCCO)C=C(C(=NOCC)C[C@@H]1N(C)C(=O)OCCCl)[C@H]32. The molecule has 12 nitrogen and oxygen atoms in total. The highest BCUT2D eigenvalue weighted by Crippen LogP contribution is 2.61. The summed E-state index contributed by atoms with van der Waals surface area (Å²) in [5.74, 6) is -0.943. The molecule has 1 aromatic carbocycles. The first-order valence-corrected chi connectivity index (χ1v) is 17.9. The highest BCUT2D eigenvalue weighted by Gasteiger charge is 2.65. The Balaban J connectivity index is 1.99. The smallest absolute Gasteiger partial charge is 0.412 e. The van der Waals surface area contributed by atoms with Crippen molar-refractivity contribution in [2.75, 3.05) is 52.5 Å². The predicted molar refractivity (Wildman–Crippen MR) is 186 cm³/mol. The van der Waals surface area contributed by atoms with Crippen molar-refractivity contribution >= 4 is 29.5 Å². The van der Waals surface area contributed by atoms with Crippen molar-refractivity contribution < 1.29 is 43.6 Å². The zero-order chi connectivity index (χ0) is 35.4. The summed E-state index contributed by atoms with van der Waals surface area (Å²) in [6.45, 7) is 8.72. The van der Waals surface area contributed by atoms with Crippen molar-refractivity contribution in [2.45, 2.75) is 76.5 Å². The van der Waals surface area contributed by atoms with E-state index in [1.165, 1.54) is 4.90 Å². The monoisotopic (exact) mass is 705 g/mol. The molecule has 49 heavy (non-hydrogen) atoms. The number of allylic oxidation sites excluding steroid dienone is 1. The van der Waals surface area contributed by atoms with E-state index < -0.39 is 29.9 Å². The Morgan fingerprint density at radius 2 is 1.94 bits per heavy atom. The number of benzene rings is 1. The molecule has 4 rings (SSSR count). The van der Waals surface area contributed by atoms with Crippen LogP contribution < -0.4 is 14.8 Å². The van der Waals surface area contributed by atoms with E-state index in [4.69, 9.17) is 35.4 Å². The second kappa shape index (κ2) is 18.6. The van der Waals surface area contributed by atoms with Crippen LogP contribution in [0.5, 0.6) is 11.5 Å². The Hall–Kier alpha value is -3.32. The lowest BCUT2D eigenvalue weighted by Crippen LogP contribution is -2.69. The zero-order valence-corrected chi connectivity index (χ0v) is 29.7. The summed E-state index contributed by atoms with van der Waals surface area (Å²) in [7, 11) is 1.66. The number of aliphatic hydroxyl groups excluding tert-OH is 2. The molecule has 3 aliphatic rings. The van der Waals surface area contributed by atoms with Gasteiger partial charge >= 0.3 is 12.2 Å². The maximum Gasteiger partial charge on any atom is 0.412 e. The third-order valence-electron chi connectivity index (χ3n) is 9.54. The molecule has 272 valence electrons. The molecule has 1 aliphatic heterocycles. The van der Waals surface area contributed by atoms with Gasteiger partial charge in [0.1, 0.15) is 30.8 Å². The molecule has 2 amide bonds. The van der Waals surface area contributed by atoms with Crippen LogP contribution >= 0.6 is 11.6 Å². The van der Waals surface area contributed by atoms with Gasteiger partial charge in [0.05, 0.1) is 24.1 Å². The third kappa shape index (κ3) is 8.71. The van der Waals surface area contributed by atoms with Gasteiger partial charge in [0, 0.05) is 44.7 Å². The molecular formula is C36H52ClN3O9. The predicted octanol–water partition coefficient (Wildman–Crippen LogP) is 5.76. The summed E-state index contributed by atoms with van der Waals surface area (Å²) in [5, 5.41) is 26.7. The van der Waals surface area contributed by atoms with Crippen LogP contribution in [0.1, 0.15) is 70.3 Å². The second-order valence-electron chi connectivity index (χ2n) is 12.5. The number of hydrogen-bond acceptors (Lipinski definition) is 10. The zero-order valence-electron chi connectivity index (χ0n) is 28.9. The Kier molecular flexibility index (Phi) is 14.6. The number of rotatable bonds is 18. The molecule has 2 aliphatic carbocycles. The van der Waals surface area contributed by atoms with Gasteiger partial charge in [-0.05, 0) is 75.1 Å². The van der Waals surface area contributed by atoms with Gasteiger partial charge in [-0.3, -0.25) is 0 Å². The molecule has 1 heterocycles. The number of carbonyl (C=O) groups excluding carboxylic acids is 2. The van der Waals surface area contributed by atoms with Crippen LogP contribution in [0.4, 0.5) is 9.59 Å². The fraction of sp³-hybridized carbons (Fsp3) is 0.639. The van der Waals surface area contributed by atoms with Gasteiger partial charge in [0.15, 0.2) is 0 Å². The van der Waals surface area contributed by atoms with Crippen molar-refractivity contribution in [2.24, 2.45) is 22.9 Å². The van der Waals surface area contributed by atoms with Crippen molar-refractivity contribution in [3.63, 3.8) is 0 Å². The Morgan fingerprint density at radius 1 is 1.18 bits per heavy atom. The first-order chi connectivity index (χ1) is 23.8. The lowest BCUT2D eigenvalue weighted by molar-refractivity contribution is -0.253. The van der Waals surface area contributed by atoms with Crippen molar-refractivity contribution in [1.82, 2.24) is 10.2 Å². The summed E-state index contributed by atoms with van der Waals surface area (Å²) >= 11 is 5.87. The number of aliphatic hydroxyl groups is 2. The Labute approximate surface area is 294 Å². The van der Waals surface area contributed by atoms with Crippen LogP contribution in [0.15, 0.2) is 47.7 Å². The molecule has 0 radical (unpaired) electrons. The molecule has 1 saturated carbocycles. The number of unbranched alkanes of at least 4 members (excludes halogenated alkanes) is 2. The van der Waals surface area contributed by atoms with E-state index in [2.05, 4.69) is 23.1 Å². The fourth-order valence-electron chi connectivity index (χ4n) is 7.58.